The highest BCUT2D eigenvalue weighted by Crippen LogP contribution is 2.10. The van der Waals surface area contributed by atoms with E-state index in [2.05, 4.69) is 21.2 Å². The van der Waals surface area contributed by atoms with E-state index in [1.54, 1.807) is 11.8 Å². The average Bonchev–Trinajstić information content (AvgIpc) is 2.28. The van der Waals surface area contributed by atoms with Gasteiger partial charge in [0.25, 0.3) is 0 Å². The van der Waals surface area contributed by atoms with Crippen LogP contribution in [0.25, 0.3) is 0 Å². The number of amides is 1. The second kappa shape index (κ2) is 7.74. The van der Waals surface area contributed by atoms with Crippen LogP contribution in [0.1, 0.15) is 12.0 Å². The van der Waals surface area contributed by atoms with Crippen LogP contribution in [0.4, 0.5) is 5.69 Å². The number of carbonyl (C=O) groups is 1. The molecule has 0 aromatic heterocycles. The molecule has 4 heteroatoms. The molecule has 1 rings (SSSR count). The Bertz CT molecular complexity index is 326. The van der Waals surface area contributed by atoms with Gasteiger partial charge in [0.1, 0.15) is 0 Å². The third-order valence-corrected chi connectivity index (χ3v) is 3.60. The molecular weight excluding hydrogens is 286 g/mol. The van der Waals surface area contributed by atoms with Crippen LogP contribution >= 0.6 is 27.7 Å². The SMILES string of the molecule is Cc1ccc(NC(=O)CSCCCBr)cc1. The first kappa shape index (κ1) is 13.6. The van der Waals surface area contributed by atoms with Crippen molar-refractivity contribution >= 4 is 39.3 Å². The second-order valence-electron chi connectivity index (χ2n) is 3.51. The summed E-state index contributed by atoms with van der Waals surface area (Å²) in [5.41, 5.74) is 2.07. The molecule has 0 aliphatic heterocycles. The van der Waals surface area contributed by atoms with Gasteiger partial charge in [0.2, 0.25) is 5.91 Å². The molecule has 0 radical (unpaired) electrons. The maximum absolute atomic E-state index is 11.5. The molecule has 88 valence electrons. The Morgan fingerprint density at radius 3 is 2.69 bits per heavy atom. The molecule has 1 amide bonds. The highest BCUT2D eigenvalue weighted by atomic mass is 79.9. The Morgan fingerprint density at radius 1 is 1.38 bits per heavy atom. The largest absolute Gasteiger partial charge is 0.325 e. The third kappa shape index (κ3) is 5.56. The van der Waals surface area contributed by atoms with E-state index in [1.165, 1.54) is 5.56 Å². The van der Waals surface area contributed by atoms with Gasteiger partial charge in [-0.25, -0.2) is 0 Å². The number of thioether (sulfide) groups is 1. The Hall–Kier alpha value is -0.480. The summed E-state index contributed by atoms with van der Waals surface area (Å²) in [6.45, 7) is 2.03. The lowest BCUT2D eigenvalue weighted by atomic mass is 10.2. The molecule has 1 aromatic carbocycles. The van der Waals surface area contributed by atoms with Crippen LogP contribution in [0.3, 0.4) is 0 Å². The van der Waals surface area contributed by atoms with Crippen molar-refractivity contribution in [2.75, 3.05) is 22.2 Å². The minimum Gasteiger partial charge on any atom is -0.325 e. The topological polar surface area (TPSA) is 29.1 Å². The average molecular weight is 302 g/mol. The van der Waals surface area contributed by atoms with E-state index in [1.807, 2.05) is 31.2 Å². The van der Waals surface area contributed by atoms with Gasteiger partial charge in [0.15, 0.2) is 0 Å². The number of carbonyl (C=O) groups excluding carboxylic acids is 1. The normalized spacial score (nSPS) is 10.1. The van der Waals surface area contributed by atoms with Gasteiger partial charge >= 0.3 is 0 Å². The lowest BCUT2D eigenvalue weighted by molar-refractivity contribution is -0.113. The van der Waals surface area contributed by atoms with Crippen LogP contribution in [-0.4, -0.2) is 22.7 Å². The number of benzene rings is 1. The standard InChI is InChI=1S/C12H16BrNOS/c1-10-3-5-11(6-4-10)14-12(15)9-16-8-2-7-13/h3-6H,2,7-9H2,1H3,(H,14,15). The van der Waals surface area contributed by atoms with Gasteiger partial charge in [-0.1, -0.05) is 33.6 Å². The zero-order valence-corrected chi connectivity index (χ0v) is 11.7. The van der Waals surface area contributed by atoms with E-state index in [-0.39, 0.29) is 5.91 Å². The molecule has 0 atom stereocenters. The molecule has 0 spiro atoms. The predicted octanol–water partition coefficient (Wildman–Crippen LogP) is 3.45. The fourth-order valence-corrected chi connectivity index (χ4v) is 2.56. The molecule has 0 unspecified atom stereocenters. The van der Waals surface area contributed by atoms with E-state index in [9.17, 15) is 4.79 Å². The van der Waals surface area contributed by atoms with Crippen LogP contribution in [-0.2, 0) is 4.79 Å². The number of rotatable bonds is 6. The van der Waals surface area contributed by atoms with E-state index in [0.29, 0.717) is 5.75 Å². The molecule has 16 heavy (non-hydrogen) atoms. The molecular formula is C12H16BrNOS. The van der Waals surface area contributed by atoms with Gasteiger partial charge in [0.05, 0.1) is 5.75 Å². The minimum absolute atomic E-state index is 0.0726. The van der Waals surface area contributed by atoms with Crippen molar-refractivity contribution < 1.29 is 4.79 Å². The highest BCUT2D eigenvalue weighted by molar-refractivity contribution is 9.09. The van der Waals surface area contributed by atoms with Crippen molar-refractivity contribution in [2.24, 2.45) is 0 Å². The third-order valence-electron chi connectivity index (χ3n) is 1.99. The molecule has 0 bridgehead atoms. The fourth-order valence-electron chi connectivity index (χ4n) is 1.16. The zero-order chi connectivity index (χ0) is 11.8. The molecule has 0 heterocycles. The fraction of sp³-hybridized carbons (Fsp3) is 0.417. The minimum atomic E-state index is 0.0726. The molecule has 0 saturated carbocycles. The molecule has 1 aromatic rings. The summed E-state index contributed by atoms with van der Waals surface area (Å²) < 4.78 is 0. The first-order valence-electron chi connectivity index (χ1n) is 5.22. The maximum atomic E-state index is 11.5. The van der Waals surface area contributed by atoms with Crippen molar-refractivity contribution in [3.05, 3.63) is 29.8 Å². The highest BCUT2D eigenvalue weighted by Gasteiger charge is 2.01. The zero-order valence-electron chi connectivity index (χ0n) is 9.33. The molecule has 2 nitrogen and oxygen atoms in total. The second-order valence-corrected chi connectivity index (χ2v) is 5.41. The predicted molar refractivity (Wildman–Crippen MR) is 75.5 cm³/mol. The Morgan fingerprint density at radius 2 is 2.06 bits per heavy atom. The number of halogens is 1. The van der Waals surface area contributed by atoms with Crippen LogP contribution in [0.15, 0.2) is 24.3 Å². The van der Waals surface area contributed by atoms with Gasteiger partial charge < -0.3 is 5.32 Å². The van der Waals surface area contributed by atoms with Crippen molar-refractivity contribution in [3.8, 4) is 0 Å². The number of hydrogen-bond acceptors (Lipinski definition) is 2. The summed E-state index contributed by atoms with van der Waals surface area (Å²) in [5.74, 6) is 1.62. The van der Waals surface area contributed by atoms with Crippen molar-refractivity contribution in [1.82, 2.24) is 0 Å². The summed E-state index contributed by atoms with van der Waals surface area (Å²) in [6.07, 6.45) is 1.10. The molecule has 1 N–H and O–H groups in total. The Kier molecular flexibility index (Phi) is 6.57. The summed E-state index contributed by atoms with van der Waals surface area (Å²) >= 11 is 5.03. The monoisotopic (exact) mass is 301 g/mol. The van der Waals surface area contributed by atoms with Crippen LogP contribution in [0.5, 0.6) is 0 Å². The number of nitrogens with one attached hydrogen (secondary N) is 1. The van der Waals surface area contributed by atoms with Gasteiger partial charge in [-0.2, -0.15) is 11.8 Å². The summed E-state index contributed by atoms with van der Waals surface area (Å²) in [4.78, 5) is 11.5. The van der Waals surface area contributed by atoms with E-state index in [0.717, 1.165) is 23.2 Å². The smallest absolute Gasteiger partial charge is 0.234 e. The molecule has 0 aliphatic carbocycles. The van der Waals surface area contributed by atoms with Gasteiger partial charge in [-0.3, -0.25) is 4.79 Å². The lowest BCUT2D eigenvalue weighted by Crippen LogP contribution is -2.14. The first-order valence-corrected chi connectivity index (χ1v) is 7.50. The van der Waals surface area contributed by atoms with E-state index < -0.39 is 0 Å². The van der Waals surface area contributed by atoms with Crippen molar-refractivity contribution in [2.45, 2.75) is 13.3 Å². The van der Waals surface area contributed by atoms with Crippen LogP contribution < -0.4 is 5.32 Å². The maximum Gasteiger partial charge on any atom is 0.234 e. The number of aryl methyl sites for hydroxylation is 1. The quantitative estimate of drug-likeness (QED) is 0.644. The van der Waals surface area contributed by atoms with E-state index in [4.69, 9.17) is 0 Å². The molecule has 0 aliphatic rings. The van der Waals surface area contributed by atoms with Gasteiger partial charge in [0, 0.05) is 11.0 Å². The van der Waals surface area contributed by atoms with Crippen molar-refractivity contribution in [3.63, 3.8) is 0 Å². The van der Waals surface area contributed by atoms with Crippen LogP contribution in [0, 0.1) is 6.92 Å². The number of alkyl halides is 1. The molecule has 0 fully saturated rings. The van der Waals surface area contributed by atoms with Gasteiger partial charge in [-0.05, 0) is 31.2 Å². The molecule has 0 saturated heterocycles. The van der Waals surface area contributed by atoms with E-state index >= 15 is 0 Å². The van der Waals surface area contributed by atoms with Crippen LogP contribution in [0.2, 0.25) is 0 Å². The lowest BCUT2D eigenvalue weighted by Gasteiger charge is -2.05. The van der Waals surface area contributed by atoms with Crippen molar-refractivity contribution in [1.29, 1.82) is 0 Å². The first-order chi connectivity index (χ1) is 7.72. The van der Waals surface area contributed by atoms with Gasteiger partial charge in [-0.15, -0.1) is 0 Å². The Balaban J connectivity index is 2.26. The number of hydrogen-bond donors (Lipinski definition) is 1. The number of anilines is 1. The summed E-state index contributed by atoms with van der Waals surface area (Å²) in [6, 6.07) is 7.84. The Labute approximate surface area is 109 Å². The summed E-state index contributed by atoms with van der Waals surface area (Å²) in [5, 5.41) is 3.87. The summed E-state index contributed by atoms with van der Waals surface area (Å²) in [7, 11) is 0.